The number of aromatic nitrogens is 3. The van der Waals surface area contributed by atoms with Crippen molar-refractivity contribution in [3.63, 3.8) is 0 Å². The van der Waals surface area contributed by atoms with Crippen LogP contribution in [0.5, 0.6) is 0 Å². The monoisotopic (exact) mass is 420 g/mol. The minimum Gasteiger partial charge on any atom is -0.273 e. The maximum absolute atomic E-state index is 13.6. The number of carbonyl (C=O) groups is 1. The molecular formula is C22H18F2N6O. The van der Waals surface area contributed by atoms with E-state index in [1.807, 2.05) is 6.07 Å². The van der Waals surface area contributed by atoms with Crippen LogP contribution in [0.25, 0.3) is 11.0 Å². The molecule has 0 bridgehead atoms. The van der Waals surface area contributed by atoms with Crippen LogP contribution in [-0.2, 0) is 11.3 Å². The van der Waals surface area contributed by atoms with E-state index in [0.29, 0.717) is 41.5 Å². The van der Waals surface area contributed by atoms with Crippen molar-refractivity contribution < 1.29 is 13.6 Å². The minimum atomic E-state index is -0.692. The van der Waals surface area contributed by atoms with Gasteiger partial charge >= 0.3 is 0 Å². The number of benzene rings is 1. The van der Waals surface area contributed by atoms with Crippen LogP contribution in [0.1, 0.15) is 36.4 Å². The fourth-order valence-corrected chi connectivity index (χ4v) is 3.53. The van der Waals surface area contributed by atoms with Crippen molar-refractivity contribution in [3.8, 4) is 6.07 Å². The average molecular weight is 420 g/mol. The number of amides is 1. The van der Waals surface area contributed by atoms with E-state index < -0.39 is 17.7 Å². The number of fused-ring (bicyclic) bond motifs is 1. The summed E-state index contributed by atoms with van der Waals surface area (Å²) in [6.45, 7) is 4.39. The van der Waals surface area contributed by atoms with Crippen LogP contribution >= 0.6 is 0 Å². The second-order valence-electron chi connectivity index (χ2n) is 7.28. The molecule has 9 heteroatoms. The normalized spacial score (nSPS) is 15.4. The number of rotatable bonds is 6. The lowest BCUT2D eigenvalue weighted by Gasteiger charge is -2.22. The molecule has 2 aromatic heterocycles. The Hall–Kier alpha value is -3.93. The predicted octanol–water partition coefficient (Wildman–Crippen LogP) is 3.88. The predicted molar refractivity (Wildman–Crippen MR) is 110 cm³/mol. The van der Waals surface area contributed by atoms with Gasteiger partial charge in [-0.1, -0.05) is 12.2 Å². The molecule has 4 rings (SSSR count). The summed E-state index contributed by atoms with van der Waals surface area (Å²) in [5.74, 6) is -1.64. The fraction of sp³-hybridized carbons (Fsp3) is 0.227. The zero-order chi connectivity index (χ0) is 22.0. The van der Waals surface area contributed by atoms with Gasteiger partial charge in [0.1, 0.15) is 23.2 Å². The molecule has 3 heterocycles. The number of hydrazone groups is 1. The van der Waals surface area contributed by atoms with E-state index in [-0.39, 0.29) is 12.3 Å². The first-order valence-corrected chi connectivity index (χ1v) is 9.63. The van der Waals surface area contributed by atoms with Crippen LogP contribution in [0, 0.1) is 23.0 Å². The Morgan fingerprint density at radius 2 is 1.97 bits per heavy atom. The molecule has 0 spiro atoms. The van der Waals surface area contributed by atoms with Crippen molar-refractivity contribution in [3.05, 3.63) is 71.6 Å². The first-order valence-electron chi connectivity index (χ1n) is 9.63. The summed E-state index contributed by atoms with van der Waals surface area (Å²) in [5.41, 5.74) is 2.94. The standard InChI is InChI=1S/C22H18F2N6O/c1-14(13-29-21-6-15(10-25)11-26-19(21)12-28-29)2-3-22(31)30-20(4-5-27-30)16-7-17(23)9-18(24)8-16/h5-9,11-12,20H,1-4,13H2. The lowest BCUT2D eigenvalue weighted by atomic mass is 10.0. The van der Waals surface area contributed by atoms with E-state index in [2.05, 4.69) is 21.8 Å². The maximum atomic E-state index is 13.6. The van der Waals surface area contributed by atoms with E-state index in [0.717, 1.165) is 11.6 Å². The highest BCUT2D eigenvalue weighted by atomic mass is 19.1. The summed E-state index contributed by atoms with van der Waals surface area (Å²) >= 11 is 0. The van der Waals surface area contributed by atoms with E-state index >= 15 is 0 Å². The third-order valence-electron chi connectivity index (χ3n) is 5.04. The van der Waals surface area contributed by atoms with Crippen molar-refractivity contribution in [1.29, 1.82) is 5.26 Å². The van der Waals surface area contributed by atoms with Gasteiger partial charge in [-0.15, -0.1) is 0 Å². The quantitative estimate of drug-likeness (QED) is 0.567. The van der Waals surface area contributed by atoms with Crippen LogP contribution in [0.2, 0.25) is 0 Å². The molecule has 1 aliphatic rings. The molecule has 3 aromatic rings. The van der Waals surface area contributed by atoms with E-state index in [1.54, 1.807) is 23.2 Å². The van der Waals surface area contributed by atoms with Crippen LogP contribution < -0.4 is 0 Å². The number of halogens is 2. The Bertz CT molecular complexity index is 1220. The minimum absolute atomic E-state index is 0.144. The third-order valence-corrected chi connectivity index (χ3v) is 5.04. The van der Waals surface area contributed by atoms with Crippen molar-refractivity contribution in [1.82, 2.24) is 19.8 Å². The van der Waals surface area contributed by atoms with Gasteiger partial charge in [0.2, 0.25) is 5.91 Å². The van der Waals surface area contributed by atoms with Gasteiger partial charge in [-0.05, 0) is 30.2 Å². The van der Waals surface area contributed by atoms with Gasteiger partial charge in [-0.3, -0.25) is 14.5 Å². The van der Waals surface area contributed by atoms with Gasteiger partial charge in [0.25, 0.3) is 0 Å². The van der Waals surface area contributed by atoms with Gasteiger partial charge < -0.3 is 0 Å². The van der Waals surface area contributed by atoms with Crippen molar-refractivity contribution >= 4 is 23.2 Å². The molecule has 0 fully saturated rings. The highest BCUT2D eigenvalue weighted by Crippen LogP contribution is 2.30. The summed E-state index contributed by atoms with van der Waals surface area (Å²) in [6, 6.07) is 6.45. The molecule has 31 heavy (non-hydrogen) atoms. The third kappa shape index (κ3) is 4.33. The number of nitriles is 1. The molecule has 156 valence electrons. The Morgan fingerprint density at radius 3 is 2.71 bits per heavy atom. The molecule has 0 radical (unpaired) electrons. The molecule has 1 amide bonds. The highest BCUT2D eigenvalue weighted by Gasteiger charge is 2.28. The highest BCUT2D eigenvalue weighted by molar-refractivity contribution is 5.80. The first kappa shape index (κ1) is 20.3. The maximum Gasteiger partial charge on any atom is 0.243 e. The summed E-state index contributed by atoms with van der Waals surface area (Å²) in [6.07, 6.45) is 5.59. The Balaban J connectivity index is 1.40. The summed E-state index contributed by atoms with van der Waals surface area (Å²) < 4.78 is 28.8. The zero-order valence-electron chi connectivity index (χ0n) is 16.5. The number of nitrogens with zero attached hydrogens (tertiary/aromatic N) is 6. The molecule has 0 saturated heterocycles. The second-order valence-corrected chi connectivity index (χ2v) is 7.28. The smallest absolute Gasteiger partial charge is 0.243 e. The van der Waals surface area contributed by atoms with Gasteiger partial charge in [0.05, 0.1) is 29.9 Å². The Kier molecular flexibility index (Phi) is 5.54. The molecule has 0 saturated carbocycles. The van der Waals surface area contributed by atoms with Crippen molar-refractivity contribution in [2.75, 3.05) is 0 Å². The molecule has 0 aliphatic carbocycles. The molecule has 1 aliphatic heterocycles. The lowest BCUT2D eigenvalue weighted by Crippen LogP contribution is -2.27. The number of allylic oxidation sites excluding steroid dienone is 1. The van der Waals surface area contributed by atoms with Crippen molar-refractivity contribution in [2.45, 2.75) is 31.8 Å². The summed E-state index contributed by atoms with van der Waals surface area (Å²) in [7, 11) is 0. The van der Waals surface area contributed by atoms with Crippen LogP contribution in [0.4, 0.5) is 8.78 Å². The van der Waals surface area contributed by atoms with E-state index in [1.165, 1.54) is 23.3 Å². The molecule has 1 aromatic carbocycles. The van der Waals surface area contributed by atoms with Crippen LogP contribution in [0.15, 0.2) is 53.9 Å². The molecule has 0 N–H and O–H groups in total. The summed E-state index contributed by atoms with van der Waals surface area (Å²) in [4.78, 5) is 16.9. The van der Waals surface area contributed by atoms with Crippen LogP contribution in [-0.4, -0.2) is 31.9 Å². The molecule has 1 unspecified atom stereocenters. The van der Waals surface area contributed by atoms with Gasteiger partial charge in [-0.2, -0.15) is 15.5 Å². The van der Waals surface area contributed by atoms with Gasteiger partial charge in [-0.25, -0.2) is 13.8 Å². The van der Waals surface area contributed by atoms with E-state index in [4.69, 9.17) is 5.26 Å². The largest absolute Gasteiger partial charge is 0.273 e. The number of carbonyl (C=O) groups excluding carboxylic acids is 1. The number of pyridine rings is 1. The number of hydrogen-bond acceptors (Lipinski definition) is 5. The van der Waals surface area contributed by atoms with E-state index in [9.17, 15) is 13.6 Å². The van der Waals surface area contributed by atoms with Gasteiger partial charge in [0, 0.05) is 31.3 Å². The fourth-order valence-electron chi connectivity index (χ4n) is 3.53. The SMILES string of the molecule is C=C(CCC(=O)N1N=CCC1c1cc(F)cc(F)c1)Cn1ncc2ncc(C#N)cc21. The second kappa shape index (κ2) is 8.44. The number of hydrogen-bond donors (Lipinski definition) is 0. The zero-order valence-corrected chi connectivity index (χ0v) is 16.5. The Morgan fingerprint density at radius 1 is 1.19 bits per heavy atom. The van der Waals surface area contributed by atoms with Gasteiger partial charge in [0.15, 0.2) is 0 Å². The lowest BCUT2D eigenvalue weighted by molar-refractivity contribution is -0.133. The molecular weight excluding hydrogens is 402 g/mol. The topological polar surface area (TPSA) is 87.2 Å². The Labute approximate surface area is 176 Å². The van der Waals surface area contributed by atoms with Crippen molar-refractivity contribution in [2.24, 2.45) is 5.10 Å². The van der Waals surface area contributed by atoms with Crippen LogP contribution in [0.3, 0.4) is 0 Å². The summed E-state index contributed by atoms with van der Waals surface area (Å²) in [5, 5.41) is 18.7. The molecule has 7 nitrogen and oxygen atoms in total. The average Bonchev–Trinajstić information content (AvgIpc) is 3.38. The first-order chi connectivity index (χ1) is 14.9. The molecule has 1 atom stereocenters.